The van der Waals surface area contributed by atoms with Crippen molar-refractivity contribution in [3.63, 3.8) is 0 Å². The summed E-state index contributed by atoms with van der Waals surface area (Å²) in [6.07, 6.45) is 2.49. The van der Waals surface area contributed by atoms with E-state index in [9.17, 15) is 9.90 Å². The van der Waals surface area contributed by atoms with Gasteiger partial charge in [0.2, 0.25) is 0 Å². The quantitative estimate of drug-likeness (QED) is 0.897. The lowest BCUT2D eigenvalue weighted by Crippen LogP contribution is -2.33. The van der Waals surface area contributed by atoms with Crippen LogP contribution in [0.25, 0.3) is 0 Å². The van der Waals surface area contributed by atoms with Crippen LogP contribution in [0.15, 0.2) is 6.07 Å². The van der Waals surface area contributed by atoms with Crippen LogP contribution in [0, 0.1) is 5.92 Å². The second kappa shape index (κ2) is 5.51. The van der Waals surface area contributed by atoms with Gasteiger partial charge in [0.15, 0.2) is 0 Å². The fourth-order valence-corrected chi connectivity index (χ4v) is 2.71. The molecule has 0 bridgehead atoms. The van der Waals surface area contributed by atoms with Crippen molar-refractivity contribution in [1.29, 1.82) is 0 Å². The minimum Gasteiger partial charge on any atom is -0.393 e. The van der Waals surface area contributed by atoms with E-state index in [2.05, 4.69) is 5.32 Å². The van der Waals surface area contributed by atoms with Crippen molar-refractivity contribution in [2.45, 2.75) is 25.4 Å². The van der Waals surface area contributed by atoms with Gasteiger partial charge in [-0.05, 0) is 18.9 Å². The molecule has 1 aromatic rings. The molecule has 2 atom stereocenters. The molecule has 0 aromatic carbocycles. The van der Waals surface area contributed by atoms with Crippen molar-refractivity contribution in [2.75, 3.05) is 6.54 Å². The number of halogens is 2. The third-order valence-electron chi connectivity index (χ3n) is 3.49. The van der Waals surface area contributed by atoms with E-state index >= 15 is 0 Å². The molecule has 18 heavy (non-hydrogen) atoms. The summed E-state index contributed by atoms with van der Waals surface area (Å²) in [5.74, 6) is -0.0643. The van der Waals surface area contributed by atoms with Crippen LogP contribution in [0.4, 0.5) is 0 Å². The van der Waals surface area contributed by atoms with Crippen molar-refractivity contribution in [3.8, 4) is 0 Å². The predicted molar refractivity (Wildman–Crippen MR) is 71.1 cm³/mol. The van der Waals surface area contributed by atoms with Gasteiger partial charge in [0.25, 0.3) is 5.91 Å². The van der Waals surface area contributed by atoms with E-state index in [0.29, 0.717) is 22.4 Å². The lowest BCUT2D eigenvalue weighted by atomic mass is 10.1. The number of aliphatic hydroxyl groups excluding tert-OH is 1. The van der Waals surface area contributed by atoms with Gasteiger partial charge >= 0.3 is 0 Å². The van der Waals surface area contributed by atoms with Gasteiger partial charge in [-0.3, -0.25) is 4.79 Å². The average Bonchev–Trinajstić information content (AvgIpc) is 2.86. The maximum atomic E-state index is 12.0. The molecule has 1 amide bonds. The lowest BCUT2D eigenvalue weighted by Gasteiger charge is -2.15. The van der Waals surface area contributed by atoms with Crippen molar-refractivity contribution in [2.24, 2.45) is 13.0 Å². The molecule has 2 N–H and O–H groups in total. The van der Waals surface area contributed by atoms with Gasteiger partial charge in [0.05, 0.1) is 11.1 Å². The van der Waals surface area contributed by atoms with E-state index in [4.69, 9.17) is 23.2 Å². The third-order valence-corrected chi connectivity index (χ3v) is 4.33. The molecule has 0 radical (unpaired) electrons. The zero-order valence-electron chi connectivity index (χ0n) is 10.1. The molecule has 1 saturated carbocycles. The third kappa shape index (κ3) is 2.66. The zero-order chi connectivity index (χ0) is 13.3. The first-order valence-corrected chi connectivity index (χ1v) is 6.73. The van der Waals surface area contributed by atoms with Gasteiger partial charge in [-0.2, -0.15) is 0 Å². The Morgan fingerprint density at radius 2 is 2.28 bits per heavy atom. The summed E-state index contributed by atoms with van der Waals surface area (Å²) in [4.78, 5) is 12.0. The summed E-state index contributed by atoms with van der Waals surface area (Å²) >= 11 is 11.8. The average molecular weight is 291 g/mol. The molecule has 1 fully saturated rings. The van der Waals surface area contributed by atoms with E-state index in [1.807, 2.05) is 0 Å². The lowest BCUT2D eigenvalue weighted by molar-refractivity contribution is 0.0909. The van der Waals surface area contributed by atoms with Crippen molar-refractivity contribution in [3.05, 3.63) is 21.9 Å². The van der Waals surface area contributed by atoms with Gasteiger partial charge in [-0.1, -0.05) is 29.6 Å². The Labute approximate surface area is 116 Å². The largest absolute Gasteiger partial charge is 0.393 e. The van der Waals surface area contributed by atoms with Crippen molar-refractivity contribution < 1.29 is 9.90 Å². The molecule has 100 valence electrons. The fourth-order valence-electron chi connectivity index (χ4n) is 2.33. The second-order valence-electron chi connectivity index (χ2n) is 4.70. The highest BCUT2D eigenvalue weighted by molar-refractivity contribution is 6.41. The van der Waals surface area contributed by atoms with Crippen LogP contribution < -0.4 is 5.32 Å². The number of hydrogen-bond donors (Lipinski definition) is 2. The van der Waals surface area contributed by atoms with Gasteiger partial charge in [0.1, 0.15) is 10.8 Å². The van der Waals surface area contributed by atoms with Gasteiger partial charge in [0, 0.05) is 19.5 Å². The van der Waals surface area contributed by atoms with Crippen LogP contribution in [0.1, 0.15) is 29.8 Å². The second-order valence-corrected chi connectivity index (χ2v) is 5.46. The first-order valence-electron chi connectivity index (χ1n) is 5.97. The molecule has 1 aliphatic carbocycles. The highest BCUT2D eigenvalue weighted by Gasteiger charge is 2.26. The van der Waals surface area contributed by atoms with Gasteiger partial charge in [-0.15, -0.1) is 0 Å². The molecular weight excluding hydrogens is 275 g/mol. The number of nitrogens with one attached hydrogen (secondary N) is 1. The number of carbonyl (C=O) groups is 1. The smallest absolute Gasteiger partial charge is 0.268 e. The van der Waals surface area contributed by atoms with E-state index < -0.39 is 0 Å². The van der Waals surface area contributed by atoms with Crippen LogP contribution in [-0.4, -0.2) is 28.2 Å². The van der Waals surface area contributed by atoms with Crippen LogP contribution in [0.2, 0.25) is 10.2 Å². The Hall–Kier alpha value is -0.710. The summed E-state index contributed by atoms with van der Waals surface area (Å²) in [5.41, 5.74) is 0.428. The Balaban J connectivity index is 1.97. The van der Waals surface area contributed by atoms with E-state index in [1.54, 1.807) is 17.7 Å². The molecule has 0 aliphatic heterocycles. The minimum absolute atomic E-state index is 0.153. The number of hydrogen-bond acceptors (Lipinski definition) is 2. The maximum Gasteiger partial charge on any atom is 0.268 e. The van der Waals surface area contributed by atoms with E-state index in [-0.39, 0.29) is 17.9 Å². The Morgan fingerprint density at radius 3 is 2.78 bits per heavy atom. The number of amides is 1. The minimum atomic E-state index is -0.300. The molecule has 6 heteroatoms. The predicted octanol–water partition coefficient (Wildman–Crippen LogP) is 2.22. The van der Waals surface area contributed by atoms with Gasteiger partial charge in [-0.25, -0.2) is 0 Å². The molecule has 2 rings (SSSR count). The summed E-state index contributed by atoms with van der Waals surface area (Å²) in [7, 11) is 1.69. The monoisotopic (exact) mass is 290 g/mol. The summed E-state index contributed by atoms with van der Waals surface area (Å²) < 4.78 is 1.55. The van der Waals surface area contributed by atoms with Crippen LogP contribution in [0.3, 0.4) is 0 Å². The summed E-state index contributed by atoms with van der Waals surface area (Å²) in [6.45, 7) is 0.487. The SMILES string of the molecule is Cn1c(C(=O)NCC2CCCC2O)cc(Cl)c1Cl. The molecule has 4 nitrogen and oxygen atoms in total. The zero-order valence-corrected chi connectivity index (χ0v) is 11.6. The van der Waals surface area contributed by atoms with Crippen LogP contribution >= 0.6 is 23.2 Å². The topological polar surface area (TPSA) is 54.3 Å². The molecule has 1 aromatic heterocycles. The first-order chi connectivity index (χ1) is 8.50. The molecule has 0 saturated heterocycles. The highest BCUT2D eigenvalue weighted by atomic mass is 35.5. The number of rotatable bonds is 3. The molecular formula is C12H16Cl2N2O2. The Bertz CT molecular complexity index is 459. The Morgan fingerprint density at radius 1 is 1.56 bits per heavy atom. The molecule has 1 aliphatic rings. The molecule has 2 unspecified atom stereocenters. The number of aromatic nitrogens is 1. The fraction of sp³-hybridized carbons (Fsp3) is 0.583. The summed E-state index contributed by atoms with van der Waals surface area (Å²) in [6, 6.07) is 1.55. The van der Waals surface area contributed by atoms with Crippen molar-refractivity contribution in [1.82, 2.24) is 9.88 Å². The van der Waals surface area contributed by atoms with E-state index in [0.717, 1.165) is 19.3 Å². The van der Waals surface area contributed by atoms with Crippen LogP contribution in [-0.2, 0) is 7.05 Å². The Kier molecular flexibility index (Phi) is 4.20. The normalized spacial score (nSPS) is 23.3. The van der Waals surface area contributed by atoms with Crippen molar-refractivity contribution >= 4 is 29.1 Å². The van der Waals surface area contributed by atoms with Gasteiger partial charge < -0.3 is 15.0 Å². The summed E-state index contributed by atoms with van der Waals surface area (Å²) in [5, 5.41) is 13.2. The number of aliphatic hydroxyl groups is 1. The van der Waals surface area contributed by atoms with E-state index in [1.165, 1.54) is 0 Å². The number of carbonyl (C=O) groups excluding carboxylic acids is 1. The molecule has 1 heterocycles. The van der Waals surface area contributed by atoms with Crippen LogP contribution in [0.5, 0.6) is 0 Å². The molecule has 0 spiro atoms. The number of nitrogens with zero attached hydrogens (tertiary/aromatic N) is 1. The maximum absolute atomic E-state index is 12.0. The standard InChI is InChI=1S/C12H16Cl2N2O2/c1-16-9(5-8(13)11(16)14)12(18)15-6-7-3-2-4-10(7)17/h5,7,10,17H,2-4,6H2,1H3,(H,15,18). The highest BCUT2D eigenvalue weighted by Crippen LogP contribution is 2.26. The first kappa shape index (κ1) is 13.7.